The monoisotopic (exact) mass is 481 g/mol. The fourth-order valence-corrected chi connectivity index (χ4v) is 5.48. The van der Waals surface area contributed by atoms with Gasteiger partial charge < -0.3 is 19.7 Å². The Morgan fingerprint density at radius 1 is 1.09 bits per heavy atom. The van der Waals surface area contributed by atoms with Crippen LogP contribution in [0, 0.1) is 20.8 Å². The van der Waals surface area contributed by atoms with Gasteiger partial charge in [-0.15, -0.1) is 0 Å². The lowest BCUT2D eigenvalue weighted by atomic mass is 9.93. The minimum atomic E-state index is -0.00920. The zero-order valence-corrected chi connectivity index (χ0v) is 21.5. The van der Waals surface area contributed by atoms with E-state index >= 15 is 0 Å². The molecule has 2 atom stereocenters. The van der Waals surface area contributed by atoms with E-state index in [1.807, 2.05) is 36.5 Å². The number of nitrogens with one attached hydrogen (secondary N) is 1. The molecule has 7 heteroatoms. The number of hydrogen-bond acceptors (Lipinski definition) is 3. The largest absolute Gasteiger partial charge is 0.352 e. The summed E-state index contributed by atoms with van der Waals surface area (Å²) in [4.78, 5) is 9.26. The number of halogens is 1. The highest BCUT2D eigenvalue weighted by atomic mass is 35.5. The number of hydrogen-bond donors (Lipinski definition) is 1. The third-order valence-corrected chi connectivity index (χ3v) is 7.16. The van der Waals surface area contributed by atoms with Crippen molar-refractivity contribution in [3.05, 3.63) is 81.9 Å². The molecule has 0 saturated carbocycles. The lowest BCUT2D eigenvalue weighted by Gasteiger charge is -2.29. The second kappa shape index (κ2) is 9.84. The summed E-state index contributed by atoms with van der Waals surface area (Å²) in [6.07, 6.45) is 2.89. The van der Waals surface area contributed by atoms with Crippen LogP contribution in [0.2, 0.25) is 5.02 Å². The van der Waals surface area contributed by atoms with Gasteiger partial charge in [-0.2, -0.15) is 0 Å². The Hall–Kier alpha value is -2.41. The second-order valence-corrected chi connectivity index (χ2v) is 9.82. The summed E-state index contributed by atoms with van der Waals surface area (Å²) in [5, 5.41) is 5.12. The van der Waals surface area contributed by atoms with Gasteiger partial charge in [-0.05, 0) is 95.9 Å². The van der Waals surface area contributed by atoms with Gasteiger partial charge in [-0.25, -0.2) is 0 Å². The van der Waals surface area contributed by atoms with Crippen LogP contribution in [-0.4, -0.2) is 51.6 Å². The topological polar surface area (TPSA) is 36.3 Å². The van der Waals surface area contributed by atoms with Crippen LogP contribution >= 0.6 is 23.8 Å². The predicted molar refractivity (Wildman–Crippen MR) is 140 cm³/mol. The molecular formula is C26H32ClN5S. The maximum absolute atomic E-state index is 6.34. The Morgan fingerprint density at radius 3 is 2.55 bits per heavy atom. The first-order valence-electron chi connectivity index (χ1n) is 11.4. The van der Waals surface area contributed by atoms with Gasteiger partial charge in [0, 0.05) is 40.4 Å². The van der Waals surface area contributed by atoms with E-state index in [9.17, 15) is 0 Å². The molecule has 1 saturated heterocycles. The summed E-state index contributed by atoms with van der Waals surface area (Å²) in [6, 6.07) is 14.2. The number of aromatic nitrogens is 2. The average Bonchev–Trinajstić information content (AvgIpc) is 3.21. The summed E-state index contributed by atoms with van der Waals surface area (Å²) < 4.78 is 2.31. The third-order valence-electron chi connectivity index (χ3n) is 6.57. The fraction of sp³-hybridized carbons (Fsp3) is 0.385. The van der Waals surface area contributed by atoms with Crippen LogP contribution in [0.4, 0.5) is 0 Å². The molecule has 4 rings (SSSR count). The van der Waals surface area contributed by atoms with Crippen LogP contribution < -0.4 is 5.32 Å². The average molecular weight is 482 g/mol. The van der Waals surface area contributed by atoms with Gasteiger partial charge in [0.1, 0.15) is 0 Å². The summed E-state index contributed by atoms with van der Waals surface area (Å²) in [7, 11) is 4.22. The highest BCUT2D eigenvalue weighted by molar-refractivity contribution is 7.80. The Balaban J connectivity index is 1.83. The lowest BCUT2D eigenvalue weighted by Crippen LogP contribution is -2.32. The molecule has 1 aliphatic heterocycles. The zero-order valence-electron chi connectivity index (χ0n) is 20.0. The Bertz CT molecular complexity index is 1140. The van der Waals surface area contributed by atoms with Gasteiger partial charge >= 0.3 is 0 Å². The van der Waals surface area contributed by atoms with Gasteiger partial charge in [-0.3, -0.25) is 4.98 Å². The molecule has 0 aliphatic carbocycles. The van der Waals surface area contributed by atoms with E-state index in [2.05, 4.69) is 66.7 Å². The van der Waals surface area contributed by atoms with Crippen LogP contribution in [0.15, 0.2) is 48.7 Å². The van der Waals surface area contributed by atoms with Gasteiger partial charge in [0.25, 0.3) is 0 Å². The van der Waals surface area contributed by atoms with E-state index in [0.29, 0.717) is 0 Å². The Morgan fingerprint density at radius 2 is 1.88 bits per heavy atom. The highest BCUT2D eigenvalue weighted by Gasteiger charge is 2.42. The molecule has 0 unspecified atom stereocenters. The van der Waals surface area contributed by atoms with Crippen LogP contribution in [0.5, 0.6) is 0 Å². The van der Waals surface area contributed by atoms with Gasteiger partial charge in [0.05, 0.1) is 17.8 Å². The normalized spacial score (nSPS) is 18.3. The summed E-state index contributed by atoms with van der Waals surface area (Å²) >= 11 is 12.2. The Labute approximate surface area is 207 Å². The summed E-state index contributed by atoms with van der Waals surface area (Å²) in [5.74, 6) is 0. The zero-order chi connectivity index (χ0) is 23.7. The van der Waals surface area contributed by atoms with Crippen molar-refractivity contribution in [2.45, 2.75) is 39.3 Å². The second-order valence-electron chi connectivity index (χ2n) is 9.00. The molecule has 174 valence electrons. The Kier molecular flexibility index (Phi) is 7.07. The molecule has 33 heavy (non-hydrogen) atoms. The van der Waals surface area contributed by atoms with E-state index in [4.69, 9.17) is 28.8 Å². The van der Waals surface area contributed by atoms with Crippen LogP contribution in [-0.2, 0) is 0 Å². The van der Waals surface area contributed by atoms with E-state index in [1.165, 1.54) is 22.5 Å². The molecule has 0 radical (unpaired) electrons. The van der Waals surface area contributed by atoms with Crippen molar-refractivity contribution in [1.82, 2.24) is 24.7 Å². The minimum absolute atomic E-state index is 0.00920. The van der Waals surface area contributed by atoms with Crippen molar-refractivity contribution < 1.29 is 0 Å². The molecule has 0 spiro atoms. The van der Waals surface area contributed by atoms with Crippen molar-refractivity contribution in [1.29, 1.82) is 0 Å². The molecule has 1 aromatic carbocycles. The van der Waals surface area contributed by atoms with E-state index in [1.54, 1.807) is 0 Å². The summed E-state index contributed by atoms with van der Waals surface area (Å²) in [6.45, 7) is 8.50. The number of pyridine rings is 1. The standard InChI is InChI=1S/C26H32ClN5S/c1-17-18(2)32(21-11-8-10-20(27)16-21)19(3)23(17)25-24(22-12-6-7-13-28-22)29-26(33)31(25)15-9-14-30(4)5/h6-8,10-13,16,24-25H,9,14-15H2,1-5H3,(H,29,33)/t24-,25-/m1/s1. The highest BCUT2D eigenvalue weighted by Crippen LogP contribution is 2.43. The maximum Gasteiger partial charge on any atom is 0.170 e. The van der Waals surface area contributed by atoms with Crippen LogP contribution in [0.1, 0.15) is 46.7 Å². The van der Waals surface area contributed by atoms with Crippen molar-refractivity contribution in [2.75, 3.05) is 27.2 Å². The molecule has 5 nitrogen and oxygen atoms in total. The predicted octanol–water partition coefficient (Wildman–Crippen LogP) is 5.38. The van der Waals surface area contributed by atoms with Crippen molar-refractivity contribution in [3.8, 4) is 5.69 Å². The molecular weight excluding hydrogens is 450 g/mol. The molecule has 0 bridgehead atoms. The SMILES string of the molecule is Cc1c([C@@H]2[C@@H](c3ccccn3)NC(=S)N2CCCN(C)C)c(C)n(-c2cccc(Cl)c2)c1C. The van der Waals surface area contributed by atoms with E-state index in [-0.39, 0.29) is 12.1 Å². The molecule has 0 amide bonds. The molecule has 1 aliphatic rings. The molecule has 3 aromatic rings. The van der Waals surface area contributed by atoms with Crippen molar-refractivity contribution in [2.24, 2.45) is 0 Å². The van der Waals surface area contributed by atoms with Gasteiger partial charge in [0.15, 0.2) is 5.11 Å². The number of rotatable bonds is 7. The van der Waals surface area contributed by atoms with Crippen molar-refractivity contribution >= 4 is 28.9 Å². The van der Waals surface area contributed by atoms with E-state index in [0.717, 1.165) is 41.0 Å². The van der Waals surface area contributed by atoms with Crippen molar-refractivity contribution in [3.63, 3.8) is 0 Å². The molecule has 2 aromatic heterocycles. The lowest BCUT2D eigenvalue weighted by molar-refractivity contribution is 0.291. The quantitative estimate of drug-likeness (QED) is 0.459. The number of nitrogens with zero attached hydrogens (tertiary/aromatic N) is 4. The first kappa shape index (κ1) is 23.7. The number of benzene rings is 1. The van der Waals surface area contributed by atoms with Gasteiger partial charge in [-0.1, -0.05) is 23.7 Å². The maximum atomic E-state index is 6.34. The summed E-state index contributed by atoms with van der Waals surface area (Å²) in [5.41, 5.74) is 7.10. The molecule has 1 N–H and O–H groups in total. The first-order chi connectivity index (χ1) is 15.8. The number of thiocarbonyl (C=S) groups is 1. The minimum Gasteiger partial charge on any atom is -0.352 e. The smallest absolute Gasteiger partial charge is 0.170 e. The first-order valence-corrected chi connectivity index (χ1v) is 12.2. The molecule has 3 heterocycles. The third kappa shape index (κ3) is 4.65. The van der Waals surface area contributed by atoms with Crippen LogP contribution in [0.25, 0.3) is 5.69 Å². The fourth-order valence-electron chi connectivity index (χ4n) is 4.96. The van der Waals surface area contributed by atoms with Crippen LogP contribution in [0.3, 0.4) is 0 Å². The van der Waals surface area contributed by atoms with E-state index < -0.39 is 0 Å². The van der Waals surface area contributed by atoms with Gasteiger partial charge in [0.2, 0.25) is 0 Å². The molecule has 1 fully saturated rings.